The van der Waals surface area contributed by atoms with Crippen LogP contribution in [0, 0.1) is 6.92 Å². The van der Waals surface area contributed by atoms with Gasteiger partial charge in [-0.05, 0) is 6.92 Å². The number of aryl methyl sites for hydroxylation is 1. The molecular weight excluding hydrogens is 210 g/mol. The van der Waals surface area contributed by atoms with Crippen LogP contribution < -0.4 is 4.74 Å². The number of aromatic carboxylic acids is 1. The summed E-state index contributed by atoms with van der Waals surface area (Å²) < 4.78 is 10.8. The van der Waals surface area contributed by atoms with Crippen LogP contribution in [0.4, 0.5) is 0 Å². The minimum Gasteiger partial charge on any atom is -0.488 e. The van der Waals surface area contributed by atoms with E-state index >= 15 is 0 Å². The molecule has 1 aromatic heterocycles. The highest BCUT2D eigenvalue weighted by atomic mass is 16.5. The summed E-state index contributed by atoms with van der Waals surface area (Å²) in [5.74, 6) is -0.503. The van der Waals surface area contributed by atoms with Crippen molar-refractivity contribution in [1.82, 2.24) is 4.98 Å². The molecule has 1 unspecified atom stereocenters. The van der Waals surface area contributed by atoms with Gasteiger partial charge in [-0.25, -0.2) is 9.78 Å². The molecule has 1 aromatic rings. The summed E-state index contributed by atoms with van der Waals surface area (Å²) in [6, 6.07) is 3.17. The van der Waals surface area contributed by atoms with Crippen LogP contribution in [0.5, 0.6) is 5.75 Å². The van der Waals surface area contributed by atoms with Gasteiger partial charge in [0.15, 0.2) is 5.69 Å². The number of pyridine rings is 1. The molecule has 2 heterocycles. The maximum atomic E-state index is 10.8. The van der Waals surface area contributed by atoms with E-state index in [1.807, 2.05) is 0 Å². The third kappa shape index (κ3) is 2.49. The van der Waals surface area contributed by atoms with Gasteiger partial charge >= 0.3 is 5.97 Å². The maximum absolute atomic E-state index is 10.8. The van der Waals surface area contributed by atoms with Gasteiger partial charge in [-0.3, -0.25) is 0 Å². The summed E-state index contributed by atoms with van der Waals surface area (Å²) in [7, 11) is 0. The number of ether oxygens (including phenoxy) is 2. The van der Waals surface area contributed by atoms with Crippen molar-refractivity contribution in [2.24, 2.45) is 0 Å². The van der Waals surface area contributed by atoms with Crippen molar-refractivity contribution in [1.29, 1.82) is 0 Å². The number of hydrogen-bond acceptors (Lipinski definition) is 4. The lowest BCUT2D eigenvalue weighted by molar-refractivity contribution is 0.0689. The van der Waals surface area contributed by atoms with Gasteiger partial charge in [-0.15, -0.1) is 0 Å². The van der Waals surface area contributed by atoms with Gasteiger partial charge in [-0.1, -0.05) is 0 Å². The number of nitrogens with zero attached hydrogens (tertiary/aromatic N) is 1. The number of carboxylic acids is 1. The van der Waals surface area contributed by atoms with Crippen LogP contribution in [-0.4, -0.2) is 35.4 Å². The molecule has 5 heteroatoms. The normalized spacial score (nSPS) is 19.7. The maximum Gasteiger partial charge on any atom is 0.354 e. The molecule has 0 aromatic carbocycles. The summed E-state index contributed by atoms with van der Waals surface area (Å²) in [5.41, 5.74) is 0.641. The Kier molecular flexibility index (Phi) is 3.05. The molecule has 1 aliphatic heterocycles. The van der Waals surface area contributed by atoms with Crippen molar-refractivity contribution in [2.75, 3.05) is 13.2 Å². The highest BCUT2D eigenvalue weighted by Crippen LogP contribution is 2.18. The molecule has 1 atom stereocenters. The summed E-state index contributed by atoms with van der Waals surface area (Å²) in [4.78, 5) is 14.7. The lowest BCUT2D eigenvalue weighted by Crippen LogP contribution is -2.16. The quantitative estimate of drug-likeness (QED) is 0.835. The Morgan fingerprint density at radius 2 is 2.44 bits per heavy atom. The fourth-order valence-electron chi connectivity index (χ4n) is 1.61. The van der Waals surface area contributed by atoms with Crippen molar-refractivity contribution in [3.8, 4) is 5.75 Å². The fourth-order valence-corrected chi connectivity index (χ4v) is 1.61. The second-order valence-corrected chi connectivity index (χ2v) is 3.74. The Morgan fingerprint density at radius 1 is 1.62 bits per heavy atom. The van der Waals surface area contributed by atoms with Crippen LogP contribution in [0.15, 0.2) is 12.1 Å². The van der Waals surface area contributed by atoms with Crippen molar-refractivity contribution < 1.29 is 19.4 Å². The van der Waals surface area contributed by atoms with E-state index in [0.29, 0.717) is 24.7 Å². The molecule has 1 aliphatic rings. The number of carbonyl (C=O) groups is 1. The third-order valence-corrected chi connectivity index (χ3v) is 2.34. The van der Waals surface area contributed by atoms with E-state index in [9.17, 15) is 4.79 Å². The largest absolute Gasteiger partial charge is 0.488 e. The van der Waals surface area contributed by atoms with Crippen molar-refractivity contribution in [3.63, 3.8) is 0 Å². The van der Waals surface area contributed by atoms with E-state index in [1.165, 1.54) is 6.07 Å². The molecule has 86 valence electrons. The number of aromatic nitrogens is 1. The van der Waals surface area contributed by atoms with E-state index in [0.717, 1.165) is 6.42 Å². The molecular formula is C11H13NO4. The minimum absolute atomic E-state index is 0.00825. The van der Waals surface area contributed by atoms with Crippen LogP contribution >= 0.6 is 0 Å². The summed E-state index contributed by atoms with van der Waals surface area (Å²) in [6.07, 6.45) is 0.854. The molecule has 16 heavy (non-hydrogen) atoms. The SMILES string of the molecule is Cc1cc(OC2CCOC2)cc(C(=O)O)n1. The first-order chi connectivity index (χ1) is 7.65. The molecule has 0 bridgehead atoms. The van der Waals surface area contributed by atoms with E-state index in [1.54, 1.807) is 13.0 Å². The molecule has 2 rings (SSSR count). The first-order valence-corrected chi connectivity index (χ1v) is 5.11. The van der Waals surface area contributed by atoms with E-state index in [-0.39, 0.29) is 11.8 Å². The van der Waals surface area contributed by atoms with E-state index in [4.69, 9.17) is 14.6 Å². The number of rotatable bonds is 3. The Morgan fingerprint density at radius 3 is 3.06 bits per heavy atom. The van der Waals surface area contributed by atoms with Crippen LogP contribution in [0.2, 0.25) is 0 Å². The average molecular weight is 223 g/mol. The molecule has 1 fully saturated rings. The molecule has 0 radical (unpaired) electrons. The summed E-state index contributed by atoms with van der Waals surface area (Å²) >= 11 is 0. The zero-order valence-electron chi connectivity index (χ0n) is 8.97. The van der Waals surface area contributed by atoms with Crippen molar-refractivity contribution in [2.45, 2.75) is 19.4 Å². The minimum atomic E-state index is -1.05. The van der Waals surface area contributed by atoms with Gasteiger partial charge < -0.3 is 14.6 Å². The first-order valence-electron chi connectivity index (χ1n) is 5.11. The van der Waals surface area contributed by atoms with Gasteiger partial charge in [0.2, 0.25) is 0 Å². The fraction of sp³-hybridized carbons (Fsp3) is 0.455. The highest BCUT2D eigenvalue weighted by molar-refractivity contribution is 5.85. The standard InChI is InChI=1S/C11H13NO4/c1-7-4-9(5-10(12-7)11(13)14)16-8-2-3-15-6-8/h4-5,8H,2-3,6H2,1H3,(H,13,14). The second kappa shape index (κ2) is 4.49. The zero-order valence-corrected chi connectivity index (χ0v) is 8.97. The Balaban J connectivity index is 2.16. The van der Waals surface area contributed by atoms with Crippen LogP contribution in [0.25, 0.3) is 0 Å². The predicted molar refractivity (Wildman–Crippen MR) is 55.8 cm³/mol. The molecule has 0 spiro atoms. The Bertz CT molecular complexity index is 399. The smallest absolute Gasteiger partial charge is 0.354 e. The number of carboxylic acid groups (broad SMARTS) is 1. The van der Waals surface area contributed by atoms with Gasteiger partial charge in [0, 0.05) is 24.2 Å². The van der Waals surface area contributed by atoms with Gasteiger partial charge in [0.25, 0.3) is 0 Å². The van der Waals surface area contributed by atoms with Crippen molar-refractivity contribution in [3.05, 3.63) is 23.5 Å². The number of hydrogen-bond donors (Lipinski definition) is 1. The first kappa shape index (κ1) is 10.9. The molecule has 0 saturated carbocycles. The van der Waals surface area contributed by atoms with Gasteiger partial charge in [-0.2, -0.15) is 0 Å². The summed E-state index contributed by atoms with van der Waals surface area (Å²) in [6.45, 7) is 2.99. The lowest BCUT2D eigenvalue weighted by atomic mass is 10.2. The van der Waals surface area contributed by atoms with Crippen LogP contribution in [-0.2, 0) is 4.74 Å². The van der Waals surface area contributed by atoms with Crippen LogP contribution in [0.3, 0.4) is 0 Å². The Labute approximate surface area is 93.0 Å². The molecule has 1 saturated heterocycles. The molecule has 0 aliphatic carbocycles. The third-order valence-electron chi connectivity index (χ3n) is 2.34. The highest BCUT2D eigenvalue weighted by Gasteiger charge is 2.18. The zero-order chi connectivity index (χ0) is 11.5. The Hall–Kier alpha value is -1.62. The lowest BCUT2D eigenvalue weighted by Gasteiger charge is -2.12. The molecule has 5 nitrogen and oxygen atoms in total. The molecule has 0 amide bonds. The van der Waals surface area contributed by atoms with E-state index in [2.05, 4.69) is 4.98 Å². The molecule has 1 N–H and O–H groups in total. The van der Waals surface area contributed by atoms with Crippen LogP contribution in [0.1, 0.15) is 22.6 Å². The monoisotopic (exact) mass is 223 g/mol. The second-order valence-electron chi connectivity index (χ2n) is 3.74. The van der Waals surface area contributed by atoms with Gasteiger partial charge in [0.05, 0.1) is 13.2 Å². The van der Waals surface area contributed by atoms with Gasteiger partial charge in [0.1, 0.15) is 11.9 Å². The topological polar surface area (TPSA) is 68.7 Å². The predicted octanol–water partition coefficient (Wildman–Crippen LogP) is 1.26. The van der Waals surface area contributed by atoms with E-state index < -0.39 is 5.97 Å². The van der Waals surface area contributed by atoms with Crippen molar-refractivity contribution >= 4 is 5.97 Å². The summed E-state index contributed by atoms with van der Waals surface area (Å²) in [5, 5.41) is 8.85. The average Bonchev–Trinajstić information content (AvgIpc) is 2.69.